The number of amides is 1. The quantitative estimate of drug-likeness (QED) is 0.777. The summed E-state index contributed by atoms with van der Waals surface area (Å²) in [5.74, 6) is -1.50. The number of carboxylic acids is 1. The van der Waals surface area contributed by atoms with Gasteiger partial charge < -0.3 is 19.9 Å². The second kappa shape index (κ2) is 9.25. The molecule has 1 aromatic heterocycles. The number of nitrogens with one attached hydrogen (secondary N) is 1. The summed E-state index contributed by atoms with van der Waals surface area (Å²) < 4.78 is 11.2. The number of carboxylic acid groups (broad SMARTS) is 1. The number of hydrogen-bond donors (Lipinski definition) is 2. The van der Waals surface area contributed by atoms with Crippen LogP contribution in [0.1, 0.15) is 44.8 Å². The molecule has 1 aliphatic rings. The summed E-state index contributed by atoms with van der Waals surface area (Å²) in [5, 5.41) is 11.7. The number of carbonyl (C=O) groups excluding carboxylic acids is 1. The summed E-state index contributed by atoms with van der Waals surface area (Å²) >= 11 is 0. The molecule has 2 aromatic rings. The van der Waals surface area contributed by atoms with E-state index in [0.717, 1.165) is 37.2 Å². The van der Waals surface area contributed by atoms with E-state index in [2.05, 4.69) is 10.3 Å². The second-order valence-corrected chi connectivity index (χ2v) is 6.36. The number of benzene rings is 1. The predicted octanol–water partition coefficient (Wildman–Crippen LogP) is 2.41. The van der Waals surface area contributed by atoms with Gasteiger partial charge in [-0.05, 0) is 36.1 Å². The van der Waals surface area contributed by atoms with Gasteiger partial charge in [0.15, 0.2) is 0 Å². The molecule has 27 heavy (non-hydrogen) atoms. The highest BCUT2D eigenvalue weighted by molar-refractivity contribution is 5.95. The third kappa shape index (κ3) is 5.60. The Kier molecular flexibility index (Phi) is 6.51. The van der Waals surface area contributed by atoms with E-state index in [-0.39, 0.29) is 17.4 Å². The van der Waals surface area contributed by atoms with E-state index in [1.807, 2.05) is 24.3 Å². The topological polar surface area (TPSA) is 97.8 Å². The summed E-state index contributed by atoms with van der Waals surface area (Å²) in [6, 6.07) is 10.4. The lowest BCUT2D eigenvalue weighted by atomic mass is 10.1. The molecule has 3 rings (SSSR count). The van der Waals surface area contributed by atoms with Gasteiger partial charge in [-0.25, -0.2) is 4.79 Å². The highest BCUT2D eigenvalue weighted by Gasteiger charge is 2.14. The molecule has 7 heteroatoms. The zero-order valence-electron chi connectivity index (χ0n) is 14.9. The molecule has 0 saturated carbocycles. The second-order valence-electron chi connectivity index (χ2n) is 6.36. The number of carbonyl (C=O) groups is 2. The van der Waals surface area contributed by atoms with Crippen LogP contribution in [0.25, 0.3) is 0 Å². The normalized spacial score (nSPS) is 14.7. The fourth-order valence-electron chi connectivity index (χ4n) is 2.77. The summed E-state index contributed by atoms with van der Waals surface area (Å²) in [6.45, 7) is 2.41. The highest BCUT2D eigenvalue weighted by Crippen LogP contribution is 2.14. The lowest BCUT2D eigenvalue weighted by molar-refractivity contribution is -0.0390. The van der Waals surface area contributed by atoms with Crippen LogP contribution in [-0.2, 0) is 22.6 Å². The van der Waals surface area contributed by atoms with Crippen LogP contribution in [0.5, 0.6) is 0 Å². The number of aromatic carboxylic acids is 1. The van der Waals surface area contributed by atoms with Gasteiger partial charge in [0.25, 0.3) is 5.91 Å². The Morgan fingerprint density at radius 3 is 2.56 bits per heavy atom. The Balaban J connectivity index is 1.48. The molecule has 2 N–H and O–H groups in total. The van der Waals surface area contributed by atoms with Crippen LogP contribution in [0.15, 0.2) is 42.6 Å². The molecule has 0 aliphatic carbocycles. The van der Waals surface area contributed by atoms with Crippen LogP contribution < -0.4 is 5.32 Å². The van der Waals surface area contributed by atoms with Crippen molar-refractivity contribution in [3.05, 3.63) is 65.0 Å². The number of ether oxygens (including phenoxy) is 2. The van der Waals surface area contributed by atoms with E-state index < -0.39 is 11.9 Å². The molecule has 1 amide bonds. The molecule has 0 radical (unpaired) electrons. The van der Waals surface area contributed by atoms with Gasteiger partial charge in [0, 0.05) is 26.0 Å². The van der Waals surface area contributed by atoms with Crippen molar-refractivity contribution in [1.82, 2.24) is 10.3 Å². The van der Waals surface area contributed by atoms with Gasteiger partial charge in [0.1, 0.15) is 5.69 Å². The zero-order valence-corrected chi connectivity index (χ0v) is 14.9. The molecule has 1 aliphatic heterocycles. The fraction of sp³-hybridized carbons (Fsp3) is 0.350. The average Bonchev–Trinajstić information content (AvgIpc) is 2.72. The van der Waals surface area contributed by atoms with Crippen molar-refractivity contribution in [2.45, 2.75) is 32.1 Å². The van der Waals surface area contributed by atoms with Gasteiger partial charge in [-0.3, -0.25) is 9.78 Å². The van der Waals surface area contributed by atoms with Crippen molar-refractivity contribution in [2.24, 2.45) is 0 Å². The molecule has 0 unspecified atom stereocenters. The summed E-state index contributed by atoms with van der Waals surface area (Å²) in [5.41, 5.74) is 2.13. The van der Waals surface area contributed by atoms with Gasteiger partial charge in [-0.2, -0.15) is 0 Å². The first-order chi connectivity index (χ1) is 13.1. The monoisotopic (exact) mass is 370 g/mol. The van der Waals surface area contributed by atoms with E-state index in [4.69, 9.17) is 14.6 Å². The Labute approximate surface area is 157 Å². The highest BCUT2D eigenvalue weighted by atomic mass is 16.5. The maximum Gasteiger partial charge on any atom is 0.335 e. The molecule has 1 saturated heterocycles. The minimum atomic E-state index is -1.09. The standard InChI is InChI=1S/C20H22N2O5/c23-19(18-11-16(20(24)25)5-8-21-18)22-12-14-1-3-15(4-2-14)13-27-17-6-9-26-10-7-17/h1-5,8,11,17H,6-7,9-10,12-13H2,(H,22,23)(H,24,25). The van der Waals surface area contributed by atoms with Crippen molar-refractivity contribution in [3.8, 4) is 0 Å². The SMILES string of the molecule is O=C(O)c1ccnc(C(=O)NCc2ccc(COC3CCOCC3)cc2)c1. The summed E-state index contributed by atoms with van der Waals surface area (Å²) in [4.78, 5) is 27.0. The molecule has 0 atom stereocenters. The lowest BCUT2D eigenvalue weighted by Gasteiger charge is -2.22. The smallest absolute Gasteiger partial charge is 0.335 e. The largest absolute Gasteiger partial charge is 0.478 e. The van der Waals surface area contributed by atoms with Crippen molar-refractivity contribution in [1.29, 1.82) is 0 Å². The summed E-state index contributed by atoms with van der Waals surface area (Å²) in [6.07, 6.45) is 3.43. The van der Waals surface area contributed by atoms with Gasteiger partial charge in [0.2, 0.25) is 0 Å². The van der Waals surface area contributed by atoms with E-state index >= 15 is 0 Å². The number of pyridine rings is 1. The first-order valence-electron chi connectivity index (χ1n) is 8.86. The van der Waals surface area contributed by atoms with Crippen molar-refractivity contribution in [2.75, 3.05) is 13.2 Å². The van der Waals surface area contributed by atoms with E-state index in [9.17, 15) is 9.59 Å². The average molecular weight is 370 g/mol. The minimum Gasteiger partial charge on any atom is -0.478 e. The van der Waals surface area contributed by atoms with Crippen LogP contribution in [0.2, 0.25) is 0 Å². The maximum absolute atomic E-state index is 12.1. The van der Waals surface area contributed by atoms with E-state index in [1.54, 1.807) is 0 Å². The molecule has 1 aromatic carbocycles. The van der Waals surface area contributed by atoms with Crippen LogP contribution in [0.4, 0.5) is 0 Å². The number of hydrogen-bond acceptors (Lipinski definition) is 5. The lowest BCUT2D eigenvalue weighted by Crippen LogP contribution is -2.24. The molecule has 0 bridgehead atoms. The molecule has 142 valence electrons. The van der Waals surface area contributed by atoms with Crippen LogP contribution >= 0.6 is 0 Å². The zero-order chi connectivity index (χ0) is 19.1. The number of aromatic nitrogens is 1. The van der Waals surface area contributed by atoms with Crippen LogP contribution in [0, 0.1) is 0 Å². The third-order valence-corrected chi connectivity index (χ3v) is 4.37. The Morgan fingerprint density at radius 2 is 1.85 bits per heavy atom. The number of nitrogens with zero attached hydrogens (tertiary/aromatic N) is 1. The van der Waals surface area contributed by atoms with Crippen LogP contribution in [-0.4, -0.2) is 41.3 Å². The Hall–Kier alpha value is -2.77. The number of rotatable bonds is 7. The van der Waals surface area contributed by atoms with Gasteiger partial charge in [-0.15, -0.1) is 0 Å². The molecule has 2 heterocycles. The third-order valence-electron chi connectivity index (χ3n) is 4.37. The van der Waals surface area contributed by atoms with Crippen molar-refractivity contribution < 1.29 is 24.2 Å². The maximum atomic E-state index is 12.1. The molecular weight excluding hydrogens is 348 g/mol. The summed E-state index contributed by atoms with van der Waals surface area (Å²) in [7, 11) is 0. The van der Waals surface area contributed by atoms with Gasteiger partial charge in [0.05, 0.1) is 18.3 Å². The van der Waals surface area contributed by atoms with Gasteiger partial charge in [-0.1, -0.05) is 24.3 Å². The first kappa shape index (κ1) is 19.0. The van der Waals surface area contributed by atoms with E-state index in [0.29, 0.717) is 13.2 Å². The van der Waals surface area contributed by atoms with Crippen LogP contribution in [0.3, 0.4) is 0 Å². The molecule has 7 nitrogen and oxygen atoms in total. The molecular formula is C20H22N2O5. The van der Waals surface area contributed by atoms with Gasteiger partial charge >= 0.3 is 5.97 Å². The fourth-order valence-corrected chi connectivity index (χ4v) is 2.77. The first-order valence-corrected chi connectivity index (χ1v) is 8.86. The van der Waals surface area contributed by atoms with Crippen molar-refractivity contribution >= 4 is 11.9 Å². The van der Waals surface area contributed by atoms with Crippen molar-refractivity contribution in [3.63, 3.8) is 0 Å². The molecule has 0 spiro atoms. The molecule has 1 fully saturated rings. The predicted molar refractivity (Wildman–Crippen MR) is 97.4 cm³/mol. The van der Waals surface area contributed by atoms with E-state index in [1.165, 1.54) is 18.3 Å². The Morgan fingerprint density at radius 1 is 1.15 bits per heavy atom. The Bertz CT molecular complexity index is 785. The minimum absolute atomic E-state index is 0.0315.